The number of hydrogen-bond donors (Lipinski definition) is 2. The third-order valence-electron chi connectivity index (χ3n) is 1.71. The summed E-state index contributed by atoms with van der Waals surface area (Å²) in [6.07, 6.45) is 2.53. The molecule has 0 amide bonds. The van der Waals surface area contributed by atoms with Crippen LogP contribution in [0.25, 0.3) is 0 Å². The molecule has 0 saturated carbocycles. The molecule has 0 aliphatic rings. The number of nitrogens with one attached hydrogen (secondary N) is 2. The van der Waals surface area contributed by atoms with Gasteiger partial charge in [-0.05, 0) is 36.5 Å². The molecule has 0 radical (unpaired) electrons. The van der Waals surface area contributed by atoms with E-state index in [2.05, 4.69) is 17.2 Å². The molecule has 0 aliphatic heterocycles. The van der Waals surface area contributed by atoms with Gasteiger partial charge in [0, 0.05) is 17.8 Å². The Bertz CT molecular complexity index is 359. The lowest BCUT2D eigenvalue weighted by Gasteiger charge is -2.08. The molecule has 78 valence electrons. The summed E-state index contributed by atoms with van der Waals surface area (Å²) in [6.45, 7) is 4.20. The van der Waals surface area contributed by atoms with Gasteiger partial charge in [0.2, 0.25) is 0 Å². The molecule has 1 aromatic carbocycles. The van der Waals surface area contributed by atoms with E-state index >= 15 is 0 Å². The zero-order valence-corrected chi connectivity index (χ0v) is 9.01. The van der Waals surface area contributed by atoms with Crippen LogP contribution in [-0.2, 0) is 0 Å². The standard InChI is InChI=1S/C11H12N2OS/c1-2-7-12-11(15)13-10-5-3-9(8-14)4-6-10/h2-6,8H,1,7H2,(H2,12,13,15). The maximum Gasteiger partial charge on any atom is 0.171 e. The summed E-state index contributed by atoms with van der Waals surface area (Å²) in [6, 6.07) is 7.05. The van der Waals surface area contributed by atoms with Crippen molar-refractivity contribution in [2.24, 2.45) is 0 Å². The molecule has 0 aliphatic carbocycles. The predicted octanol–water partition coefficient (Wildman–Crippen LogP) is 1.97. The van der Waals surface area contributed by atoms with Crippen LogP contribution < -0.4 is 10.6 Å². The largest absolute Gasteiger partial charge is 0.359 e. The van der Waals surface area contributed by atoms with E-state index in [1.165, 1.54) is 0 Å². The molecular weight excluding hydrogens is 208 g/mol. The van der Waals surface area contributed by atoms with E-state index in [4.69, 9.17) is 12.2 Å². The first-order valence-corrected chi connectivity index (χ1v) is 4.88. The number of hydrogen-bond acceptors (Lipinski definition) is 2. The quantitative estimate of drug-likeness (QED) is 0.462. The zero-order valence-electron chi connectivity index (χ0n) is 8.19. The summed E-state index contributed by atoms with van der Waals surface area (Å²) in [5, 5.41) is 6.46. The molecule has 1 aromatic rings. The van der Waals surface area contributed by atoms with Crippen LogP contribution in [0.4, 0.5) is 5.69 Å². The zero-order chi connectivity index (χ0) is 11.1. The van der Waals surface area contributed by atoms with Crippen LogP contribution in [0.15, 0.2) is 36.9 Å². The Morgan fingerprint density at radius 1 is 1.40 bits per heavy atom. The van der Waals surface area contributed by atoms with Crippen LogP contribution in [0.5, 0.6) is 0 Å². The summed E-state index contributed by atoms with van der Waals surface area (Å²) < 4.78 is 0. The summed E-state index contributed by atoms with van der Waals surface area (Å²) in [5.74, 6) is 0. The van der Waals surface area contributed by atoms with Crippen molar-refractivity contribution in [2.45, 2.75) is 0 Å². The average Bonchev–Trinajstić information content (AvgIpc) is 2.27. The van der Waals surface area contributed by atoms with E-state index in [1.807, 2.05) is 0 Å². The van der Waals surface area contributed by atoms with Crippen LogP contribution >= 0.6 is 12.2 Å². The Balaban J connectivity index is 2.53. The van der Waals surface area contributed by atoms with Crippen LogP contribution in [0, 0.1) is 0 Å². The number of thiocarbonyl (C=S) groups is 1. The molecule has 1 rings (SSSR count). The average molecular weight is 220 g/mol. The third kappa shape index (κ3) is 3.91. The van der Waals surface area contributed by atoms with E-state index in [0.717, 1.165) is 12.0 Å². The Labute approximate surface area is 94.2 Å². The molecule has 0 unspecified atom stereocenters. The second-order valence-electron chi connectivity index (χ2n) is 2.86. The van der Waals surface area contributed by atoms with Crippen molar-refractivity contribution in [2.75, 3.05) is 11.9 Å². The molecule has 0 aromatic heterocycles. The van der Waals surface area contributed by atoms with E-state index in [0.29, 0.717) is 17.2 Å². The van der Waals surface area contributed by atoms with E-state index in [1.54, 1.807) is 30.3 Å². The van der Waals surface area contributed by atoms with Crippen molar-refractivity contribution in [3.05, 3.63) is 42.5 Å². The summed E-state index contributed by atoms with van der Waals surface area (Å²) in [4.78, 5) is 10.4. The van der Waals surface area contributed by atoms with E-state index in [-0.39, 0.29) is 0 Å². The molecule has 4 heteroatoms. The minimum Gasteiger partial charge on any atom is -0.359 e. The lowest BCUT2D eigenvalue weighted by Crippen LogP contribution is -2.28. The van der Waals surface area contributed by atoms with Crippen molar-refractivity contribution >= 4 is 29.3 Å². The fraction of sp³-hybridized carbons (Fsp3) is 0.0909. The Hall–Kier alpha value is -1.68. The topological polar surface area (TPSA) is 41.1 Å². The molecule has 15 heavy (non-hydrogen) atoms. The maximum atomic E-state index is 10.4. The minimum absolute atomic E-state index is 0.536. The molecule has 0 saturated heterocycles. The first kappa shape index (κ1) is 11.4. The Morgan fingerprint density at radius 2 is 2.07 bits per heavy atom. The Morgan fingerprint density at radius 3 is 2.60 bits per heavy atom. The fourth-order valence-electron chi connectivity index (χ4n) is 0.985. The lowest BCUT2D eigenvalue weighted by atomic mass is 10.2. The first-order valence-electron chi connectivity index (χ1n) is 4.47. The molecule has 0 fully saturated rings. The van der Waals surface area contributed by atoms with Crippen molar-refractivity contribution in [3.63, 3.8) is 0 Å². The first-order chi connectivity index (χ1) is 7.26. The van der Waals surface area contributed by atoms with Crippen molar-refractivity contribution in [1.29, 1.82) is 0 Å². The summed E-state index contributed by atoms with van der Waals surface area (Å²) in [7, 11) is 0. The molecule has 0 heterocycles. The van der Waals surface area contributed by atoms with Gasteiger partial charge in [0.05, 0.1) is 0 Å². The van der Waals surface area contributed by atoms with Crippen LogP contribution in [-0.4, -0.2) is 17.9 Å². The Kier molecular flexibility index (Phi) is 4.50. The number of rotatable bonds is 4. The van der Waals surface area contributed by atoms with Crippen molar-refractivity contribution in [3.8, 4) is 0 Å². The SMILES string of the molecule is C=CCNC(=S)Nc1ccc(C=O)cc1. The number of carbonyl (C=O) groups excluding carboxylic acids is 1. The van der Waals surface area contributed by atoms with Crippen LogP contribution in [0.1, 0.15) is 10.4 Å². The number of anilines is 1. The van der Waals surface area contributed by atoms with Crippen LogP contribution in [0.2, 0.25) is 0 Å². The summed E-state index contributed by atoms with van der Waals surface area (Å²) in [5.41, 5.74) is 1.49. The van der Waals surface area contributed by atoms with Gasteiger partial charge in [0.1, 0.15) is 6.29 Å². The maximum absolute atomic E-state index is 10.4. The smallest absolute Gasteiger partial charge is 0.171 e. The van der Waals surface area contributed by atoms with Gasteiger partial charge in [-0.3, -0.25) is 4.79 Å². The van der Waals surface area contributed by atoms with Crippen LogP contribution in [0.3, 0.4) is 0 Å². The van der Waals surface area contributed by atoms with E-state index < -0.39 is 0 Å². The number of aldehydes is 1. The molecule has 3 nitrogen and oxygen atoms in total. The predicted molar refractivity (Wildman–Crippen MR) is 66.2 cm³/mol. The fourth-order valence-corrected chi connectivity index (χ4v) is 1.19. The molecular formula is C11H12N2OS. The summed E-state index contributed by atoms with van der Waals surface area (Å²) >= 11 is 5.02. The normalized spacial score (nSPS) is 9.07. The molecule has 0 atom stereocenters. The second kappa shape index (κ2) is 5.93. The molecule has 0 spiro atoms. The highest BCUT2D eigenvalue weighted by Crippen LogP contribution is 2.07. The number of benzene rings is 1. The van der Waals surface area contributed by atoms with Gasteiger partial charge in [-0.1, -0.05) is 6.08 Å². The second-order valence-corrected chi connectivity index (χ2v) is 3.27. The number of carbonyl (C=O) groups is 1. The van der Waals surface area contributed by atoms with Gasteiger partial charge < -0.3 is 10.6 Å². The van der Waals surface area contributed by atoms with Gasteiger partial charge in [0.15, 0.2) is 5.11 Å². The van der Waals surface area contributed by atoms with Gasteiger partial charge in [-0.25, -0.2) is 0 Å². The van der Waals surface area contributed by atoms with E-state index in [9.17, 15) is 4.79 Å². The third-order valence-corrected chi connectivity index (χ3v) is 1.96. The van der Waals surface area contributed by atoms with Gasteiger partial charge in [-0.2, -0.15) is 0 Å². The highest BCUT2D eigenvalue weighted by Gasteiger charge is 1.95. The van der Waals surface area contributed by atoms with Gasteiger partial charge in [0.25, 0.3) is 0 Å². The van der Waals surface area contributed by atoms with Gasteiger partial charge >= 0.3 is 0 Å². The van der Waals surface area contributed by atoms with Crippen molar-refractivity contribution in [1.82, 2.24) is 5.32 Å². The molecule has 2 N–H and O–H groups in total. The van der Waals surface area contributed by atoms with Crippen molar-refractivity contribution < 1.29 is 4.79 Å². The highest BCUT2D eigenvalue weighted by atomic mass is 32.1. The molecule has 0 bridgehead atoms. The van der Waals surface area contributed by atoms with Gasteiger partial charge in [-0.15, -0.1) is 6.58 Å². The minimum atomic E-state index is 0.536. The highest BCUT2D eigenvalue weighted by molar-refractivity contribution is 7.80. The monoisotopic (exact) mass is 220 g/mol. The lowest BCUT2D eigenvalue weighted by molar-refractivity contribution is 0.112.